The van der Waals surface area contributed by atoms with E-state index in [0.29, 0.717) is 6.42 Å². The molecule has 0 saturated carbocycles. The van der Waals surface area contributed by atoms with Crippen molar-refractivity contribution in [2.45, 2.75) is 39.8 Å². The Bertz CT molecular complexity index is 515. The second-order valence-corrected chi connectivity index (χ2v) is 4.85. The number of hydrogen-bond donors (Lipinski definition) is 1. The molecule has 1 unspecified atom stereocenters. The average molecular weight is 244 g/mol. The van der Waals surface area contributed by atoms with Gasteiger partial charge in [0.15, 0.2) is 0 Å². The summed E-state index contributed by atoms with van der Waals surface area (Å²) in [5.41, 5.74) is 4.58. The lowest BCUT2D eigenvalue weighted by Gasteiger charge is -2.07. The number of aryl methyl sites for hydroxylation is 1. The first-order valence-electron chi connectivity index (χ1n) is 6.33. The summed E-state index contributed by atoms with van der Waals surface area (Å²) in [4.78, 5) is 0. The third kappa shape index (κ3) is 2.79. The normalized spacial score (nSPS) is 12.7. The van der Waals surface area contributed by atoms with Gasteiger partial charge in [0, 0.05) is 12.1 Å². The van der Waals surface area contributed by atoms with Gasteiger partial charge in [0.1, 0.15) is 0 Å². The van der Waals surface area contributed by atoms with E-state index in [0.717, 1.165) is 17.9 Å². The van der Waals surface area contributed by atoms with Gasteiger partial charge in [-0.1, -0.05) is 30.3 Å². The third-order valence-corrected chi connectivity index (χ3v) is 3.21. The van der Waals surface area contributed by atoms with Crippen molar-refractivity contribution in [3.8, 4) is 0 Å². The molecule has 1 aromatic heterocycles. The number of aromatic nitrogens is 2. The predicted molar refractivity (Wildman–Crippen MR) is 72.6 cm³/mol. The molecule has 0 aliphatic carbocycles. The third-order valence-electron chi connectivity index (χ3n) is 3.21. The maximum absolute atomic E-state index is 9.52. The van der Waals surface area contributed by atoms with E-state index in [9.17, 15) is 5.11 Å². The first-order chi connectivity index (χ1) is 8.58. The summed E-state index contributed by atoms with van der Waals surface area (Å²) in [5.74, 6) is 0. The molecule has 0 radical (unpaired) electrons. The van der Waals surface area contributed by atoms with E-state index in [-0.39, 0.29) is 6.10 Å². The Morgan fingerprint density at radius 1 is 1.22 bits per heavy atom. The van der Waals surface area contributed by atoms with Crippen molar-refractivity contribution in [3.05, 3.63) is 52.8 Å². The minimum Gasteiger partial charge on any atom is -0.393 e. The lowest BCUT2D eigenvalue weighted by atomic mass is 10.1. The minimum atomic E-state index is -0.322. The maximum Gasteiger partial charge on any atom is 0.0662 e. The van der Waals surface area contributed by atoms with Gasteiger partial charge in [0.2, 0.25) is 0 Å². The summed E-state index contributed by atoms with van der Waals surface area (Å²) in [5, 5.41) is 14.1. The van der Waals surface area contributed by atoms with E-state index >= 15 is 0 Å². The van der Waals surface area contributed by atoms with Gasteiger partial charge in [-0.05, 0) is 31.9 Å². The number of hydrogen-bond acceptors (Lipinski definition) is 2. The smallest absolute Gasteiger partial charge is 0.0662 e. The van der Waals surface area contributed by atoms with Gasteiger partial charge in [-0.2, -0.15) is 5.10 Å². The lowest BCUT2D eigenvalue weighted by Crippen LogP contribution is -2.07. The van der Waals surface area contributed by atoms with Crippen molar-refractivity contribution in [1.82, 2.24) is 9.78 Å². The molecular weight excluding hydrogens is 224 g/mol. The second kappa shape index (κ2) is 5.36. The standard InChI is InChI=1S/C15H20N2O/c1-11(18)9-15-12(2)16-17(13(15)3)10-14-7-5-4-6-8-14/h4-8,11,18H,9-10H2,1-3H3. The molecule has 1 aromatic carbocycles. The largest absolute Gasteiger partial charge is 0.393 e. The number of benzene rings is 1. The van der Waals surface area contributed by atoms with E-state index in [1.165, 1.54) is 11.1 Å². The molecule has 0 aliphatic rings. The fourth-order valence-electron chi connectivity index (χ4n) is 2.24. The van der Waals surface area contributed by atoms with Crippen LogP contribution >= 0.6 is 0 Å². The van der Waals surface area contributed by atoms with Crippen LogP contribution in [0.4, 0.5) is 0 Å². The summed E-state index contributed by atoms with van der Waals surface area (Å²) in [6.45, 7) is 6.67. The van der Waals surface area contributed by atoms with Crippen LogP contribution < -0.4 is 0 Å². The molecule has 1 heterocycles. The molecule has 0 aliphatic heterocycles. The first kappa shape index (κ1) is 12.8. The summed E-state index contributed by atoms with van der Waals surface area (Å²) in [6.07, 6.45) is 0.351. The maximum atomic E-state index is 9.52. The Kier molecular flexibility index (Phi) is 3.82. The van der Waals surface area contributed by atoms with E-state index in [1.54, 1.807) is 0 Å². The molecule has 0 amide bonds. The molecule has 3 nitrogen and oxygen atoms in total. The first-order valence-corrected chi connectivity index (χ1v) is 6.33. The van der Waals surface area contributed by atoms with Crippen LogP contribution in [-0.2, 0) is 13.0 Å². The van der Waals surface area contributed by atoms with E-state index < -0.39 is 0 Å². The highest BCUT2D eigenvalue weighted by Crippen LogP contribution is 2.16. The average Bonchev–Trinajstić information content (AvgIpc) is 2.58. The number of aliphatic hydroxyl groups excluding tert-OH is 1. The zero-order valence-electron chi connectivity index (χ0n) is 11.2. The van der Waals surface area contributed by atoms with E-state index in [4.69, 9.17) is 0 Å². The van der Waals surface area contributed by atoms with Crippen molar-refractivity contribution < 1.29 is 5.11 Å². The fourth-order valence-corrected chi connectivity index (χ4v) is 2.24. The van der Waals surface area contributed by atoms with Crippen LogP contribution in [0.25, 0.3) is 0 Å². The van der Waals surface area contributed by atoms with Crippen molar-refractivity contribution in [1.29, 1.82) is 0 Å². The quantitative estimate of drug-likeness (QED) is 0.897. The molecule has 0 saturated heterocycles. The Morgan fingerprint density at radius 2 is 1.89 bits per heavy atom. The molecule has 1 atom stereocenters. The molecule has 2 aromatic rings. The molecule has 96 valence electrons. The zero-order chi connectivity index (χ0) is 13.1. The molecule has 0 spiro atoms. The predicted octanol–water partition coefficient (Wildman–Crippen LogP) is 2.47. The molecule has 18 heavy (non-hydrogen) atoms. The second-order valence-electron chi connectivity index (χ2n) is 4.85. The van der Waals surface area contributed by atoms with Crippen LogP contribution in [-0.4, -0.2) is 21.0 Å². The zero-order valence-corrected chi connectivity index (χ0v) is 11.2. The molecule has 1 N–H and O–H groups in total. The molecule has 0 fully saturated rings. The van der Waals surface area contributed by atoms with Gasteiger partial charge in [0.05, 0.1) is 18.3 Å². The SMILES string of the molecule is Cc1nn(Cc2ccccc2)c(C)c1CC(C)O. The highest BCUT2D eigenvalue weighted by Gasteiger charge is 2.13. The van der Waals surface area contributed by atoms with E-state index in [1.807, 2.05) is 36.7 Å². The summed E-state index contributed by atoms with van der Waals surface area (Å²) >= 11 is 0. The van der Waals surface area contributed by atoms with Crippen LogP contribution in [0.15, 0.2) is 30.3 Å². The number of nitrogens with zero attached hydrogens (tertiary/aromatic N) is 2. The van der Waals surface area contributed by atoms with Gasteiger partial charge in [-0.3, -0.25) is 4.68 Å². The fraction of sp³-hybridized carbons (Fsp3) is 0.400. The Morgan fingerprint density at radius 3 is 2.50 bits per heavy atom. The molecule has 2 rings (SSSR count). The van der Waals surface area contributed by atoms with Crippen molar-refractivity contribution in [2.75, 3.05) is 0 Å². The van der Waals surface area contributed by atoms with Crippen LogP contribution in [0.3, 0.4) is 0 Å². The highest BCUT2D eigenvalue weighted by molar-refractivity contribution is 5.26. The van der Waals surface area contributed by atoms with Crippen LogP contribution in [0.5, 0.6) is 0 Å². The molecular formula is C15H20N2O. The number of rotatable bonds is 4. The van der Waals surface area contributed by atoms with Gasteiger partial charge in [-0.15, -0.1) is 0 Å². The summed E-state index contributed by atoms with van der Waals surface area (Å²) in [6, 6.07) is 10.3. The minimum absolute atomic E-state index is 0.322. The molecule has 3 heteroatoms. The Balaban J connectivity index is 2.25. The van der Waals surface area contributed by atoms with Crippen LogP contribution in [0.2, 0.25) is 0 Å². The van der Waals surface area contributed by atoms with E-state index in [2.05, 4.69) is 24.2 Å². The van der Waals surface area contributed by atoms with Gasteiger partial charge in [0.25, 0.3) is 0 Å². The number of aliphatic hydroxyl groups is 1. The van der Waals surface area contributed by atoms with Crippen LogP contribution in [0.1, 0.15) is 29.4 Å². The monoisotopic (exact) mass is 244 g/mol. The van der Waals surface area contributed by atoms with Gasteiger partial charge in [-0.25, -0.2) is 0 Å². The Labute approximate surface area is 108 Å². The Hall–Kier alpha value is -1.61. The summed E-state index contributed by atoms with van der Waals surface area (Å²) < 4.78 is 2.02. The summed E-state index contributed by atoms with van der Waals surface area (Å²) in [7, 11) is 0. The highest BCUT2D eigenvalue weighted by atomic mass is 16.3. The van der Waals surface area contributed by atoms with Crippen molar-refractivity contribution >= 4 is 0 Å². The molecule has 0 bridgehead atoms. The van der Waals surface area contributed by atoms with Crippen LogP contribution in [0, 0.1) is 13.8 Å². The lowest BCUT2D eigenvalue weighted by molar-refractivity contribution is 0.195. The van der Waals surface area contributed by atoms with Crippen molar-refractivity contribution in [3.63, 3.8) is 0 Å². The van der Waals surface area contributed by atoms with Gasteiger partial charge >= 0.3 is 0 Å². The van der Waals surface area contributed by atoms with Gasteiger partial charge < -0.3 is 5.11 Å². The van der Waals surface area contributed by atoms with Crippen molar-refractivity contribution in [2.24, 2.45) is 0 Å². The topological polar surface area (TPSA) is 38.0 Å².